The molecular weight excluding hydrogens is 357 g/mol. The maximum Gasteiger partial charge on any atom is 0.118 e. The third kappa shape index (κ3) is 4.18. The molecule has 3 aromatic rings. The normalized spacial score (nSPS) is 12.6. The molecule has 0 fully saturated rings. The standard InChI is InChI=1S/C23H24FNOS/c1-26-22-14-12-20(13-15-22)23(27-17-21(25)16-24,18-8-4-2-5-9-18)19-10-6-3-7-11-19/h2-15,21H,16-17,25H2,1H3/t21-/m1/s1. The summed E-state index contributed by atoms with van der Waals surface area (Å²) in [5.41, 5.74) is 9.33. The molecule has 140 valence electrons. The van der Waals surface area contributed by atoms with Crippen LogP contribution in [0.25, 0.3) is 0 Å². The summed E-state index contributed by atoms with van der Waals surface area (Å²) in [5, 5.41) is 0. The van der Waals surface area contributed by atoms with Crippen molar-refractivity contribution >= 4 is 11.8 Å². The number of ether oxygens (including phenoxy) is 1. The molecular formula is C23H24FNOS. The number of rotatable bonds is 8. The predicted octanol–water partition coefficient (Wildman–Crippen LogP) is 5.02. The molecule has 0 spiro atoms. The Bertz CT molecular complexity index is 785. The molecule has 1 atom stereocenters. The Hall–Kier alpha value is -2.30. The van der Waals surface area contributed by atoms with Crippen molar-refractivity contribution in [1.82, 2.24) is 0 Å². The zero-order valence-corrected chi connectivity index (χ0v) is 16.2. The van der Waals surface area contributed by atoms with Crippen LogP contribution >= 0.6 is 11.8 Å². The van der Waals surface area contributed by atoms with E-state index >= 15 is 0 Å². The fourth-order valence-corrected chi connectivity index (χ4v) is 4.66. The van der Waals surface area contributed by atoms with Crippen LogP contribution in [0, 0.1) is 0 Å². The van der Waals surface area contributed by atoms with E-state index in [1.54, 1.807) is 18.9 Å². The Morgan fingerprint density at radius 3 is 1.78 bits per heavy atom. The maximum atomic E-state index is 13.1. The van der Waals surface area contributed by atoms with Crippen molar-refractivity contribution in [2.24, 2.45) is 5.73 Å². The Labute approximate surface area is 164 Å². The van der Waals surface area contributed by atoms with Crippen LogP contribution in [0.2, 0.25) is 0 Å². The van der Waals surface area contributed by atoms with Crippen LogP contribution in [0.15, 0.2) is 84.9 Å². The molecule has 0 heterocycles. The lowest BCUT2D eigenvalue weighted by atomic mass is 9.84. The molecule has 0 unspecified atom stereocenters. The summed E-state index contributed by atoms with van der Waals surface area (Å²) >= 11 is 1.67. The van der Waals surface area contributed by atoms with Gasteiger partial charge in [-0.3, -0.25) is 0 Å². The molecule has 0 aliphatic carbocycles. The molecule has 27 heavy (non-hydrogen) atoms. The first kappa shape index (κ1) is 19.5. The molecule has 0 radical (unpaired) electrons. The van der Waals surface area contributed by atoms with E-state index in [1.165, 1.54) is 0 Å². The van der Waals surface area contributed by atoms with Crippen molar-refractivity contribution in [2.45, 2.75) is 10.8 Å². The molecule has 2 N–H and O–H groups in total. The highest BCUT2D eigenvalue weighted by Gasteiger charge is 2.37. The van der Waals surface area contributed by atoms with E-state index in [0.717, 1.165) is 22.4 Å². The second-order valence-corrected chi connectivity index (χ2v) is 7.60. The zero-order valence-electron chi connectivity index (χ0n) is 15.3. The lowest BCUT2D eigenvalue weighted by molar-refractivity contribution is 0.414. The number of methoxy groups -OCH3 is 1. The van der Waals surface area contributed by atoms with Gasteiger partial charge in [0.05, 0.1) is 11.9 Å². The summed E-state index contributed by atoms with van der Waals surface area (Å²) in [4.78, 5) is 0. The minimum Gasteiger partial charge on any atom is -0.497 e. The highest BCUT2D eigenvalue weighted by molar-refractivity contribution is 8.00. The first-order valence-electron chi connectivity index (χ1n) is 8.91. The third-order valence-electron chi connectivity index (χ3n) is 4.57. The van der Waals surface area contributed by atoms with Gasteiger partial charge in [-0.15, -0.1) is 11.8 Å². The summed E-state index contributed by atoms with van der Waals surface area (Å²) in [6, 6.07) is 28.2. The van der Waals surface area contributed by atoms with E-state index in [1.807, 2.05) is 48.5 Å². The molecule has 3 aromatic carbocycles. The van der Waals surface area contributed by atoms with Gasteiger partial charge in [0.25, 0.3) is 0 Å². The number of nitrogens with two attached hydrogens (primary N) is 1. The second kappa shape index (κ2) is 9.07. The number of halogens is 1. The van der Waals surface area contributed by atoms with Gasteiger partial charge in [0.2, 0.25) is 0 Å². The highest BCUT2D eigenvalue weighted by Crippen LogP contribution is 2.48. The maximum absolute atomic E-state index is 13.1. The predicted molar refractivity (Wildman–Crippen MR) is 112 cm³/mol. The smallest absolute Gasteiger partial charge is 0.118 e. The molecule has 0 saturated carbocycles. The number of alkyl halides is 1. The topological polar surface area (TPSA) is 35.2 Å². The van der Waals surface area contributed by atoms with Crippen LogP contribution in [-0.4, -0.2) is 25.6 Å². The van der Waals surface area contributed by atoms with Crippen molar-refractivity contribution < 1.29 is 9.13 Å². The van der Waals surface area contributed by atoms with Gasteiger partial charge < -0.3 is 10.5 Å². The van der Waals surface area contributed by atoms with Crippen molar-refractivity contribution in [3.63, 3.8) is 0 Å². The molecule has 4 heteroatoms. The van der Waals surface area contributed by atoms with Crippen LogP contribution in [0.5, 0.6) is 5.75 Å². The lowest BCUT2D eigenvalue weighted by Gasteiger charge is -2.36. The monoisotopic (exact) mass is 381 g/mol. The molecule has 0 aliphatic rings. The molecule has 2 nitrogen and oxygen atoms in total. The molecule has 0 aromatic heterocycles. The largest absolute Gasteiger partial charge is 0.497 e. The fraction of sp³-hybridized carbons (Fsp3) is 0.217. The van der Waals surface area contributed by atoms with Gasteiger partial charge >= 0.3 is 0 Å². The number of thioether (sulfide) groups is 1. The van der Waals surface area contributed by atoms with E-state index in [-0.39, 0.29) is 0 Å². The zero-order chi connectivity index (χ0) is 19.1. The highest BCUT2D eigenvalue weighted by atomic mass is 32.2. The molecule has 0 aliphatic heterocycles. The minimum absolute atomic E-state index is 0.485. The summed E-state index contributed by atoms with van der Waals surface area (Å²) in [5.74, 6) is 1.31. The molecule has 0 bridgehead atoms. The Kier molecular flexibility index (Phi) is 6.54. The van der Waals surface area contributed by atoms with Gasteiger partial charge in [0.15, 0.2) is 0 Å². The third-order valence-corrected chi connectivity index (χ3v) is 6.30. The van der Waals surface area contributed by atoms with Gasteiger partial charge in [-0.2, -0.15) is 0 Å². The minimum atomic E-state index is -0.532. The summed E-state index contributed by atoms with van der Waals surface area (Å²) in [6.07, 6.45) is 0. The Morgan fingerprint density at radius 1 is 0.852 bits per heavy atom. The van der Waals surface area contributed by atoms with Crippen LogP contribution < -0.4 is 10.5 Å². The lowest BCUT2D eigenvalue weighted by Crippen LogP contribution is -2.32. The van der Waals surface area contributed by atoms with Crippen molar-refractivity contribution in [1.29, 1.82) is 0 Å². The Morgan fingerprint density at radius 2 is 1.33 bits per heavy atom. The number of hydrogen-bond donors (Lipinski definition) is 1. The van der Waals surface area contributed by atoms with Crippen LogP contribution in [0.1, 0.15) is 16.7 Å². The first-order chi connectivity index (χ1) is 13.2. The van der Waals surface area contributed by atoms with Gasteiger partial charge in [0.1, 0.15) is 12.4 Å². The quantitative estimate of drug-likeness (QED) is 0.557. The molecule has 3 rings (SSSR count). The number of hydrogen-bond acceptors (Lipinski definition) is 3. The summed E-state index contributed by atoms with van der Waals surface area (Å²) in [7, 11) is 1.66. The second-order valence-electron chi connectivity index (χ2n) is 6.37. The van der Waals surface area contributed by atoms with Gasteiger partial charge in [0, 0.05) is 11.8 Å². The average Bonchev–Trinajstić information content (AvgIpc) is 2.76. The Balaban J connectivity index is 2.20. The van der Waals surface area contributed by atoms with E-state index in [2.05, 4.69) is 36.4 Å². The average molecular weight is 382 g/mol. The van der Waals surface area contributed by atoms with E-state index in [9.17, 15) is 4.39 Å². The SMILES string of the molecule is COc1ccc(C(SC[C@H](N)CF)(c2ccccc2)c2ccccc2)cc1. The van der Waals surface area contributed by atoms with Crippen molar-refractivity contribution in [3.8, 4) is 5.75 Å². The van der Waals surface area contributed by atoms with Crippen LogP contribution in [0.3, 0.4) is 0 Å². The van der Waals surface area contributed by atoms with Gasteiger partial charge in [-0.05, 0) is 28.8 Å². The van der Waals surface area contributed by atoms with Crippen LogP contribution in [0.4, 0.5) is 4.39 Å². The fourth-order valence-electron chi connectivity index (χ4n) is 3.20. The van der Waals surface area contributed by atoms with E-state index in [0.29, 0.717) is 5.75 Å². The van der Waals surface area contributed by atoms with Gasteiger partial charge in [-0.25, -0.2) is 4.39 Å². The summed E-state index contributed by atoms with van der Waals surface area (Å²) < 4.78 is 18.0. The van der Waals surface area contributed by atoms with Gasteiger partial charge in [-0.1, -0.05) is 72.8 Å². The number of benzene rings is 3. The van der Waals surface area contributed by atoms with Crippen molar-refractivity contribution in [3.05, 3.63) is 102 Å². The summed E-state index contributed by atoms with van der Waals surface area (Å²) in [6.45, 7) is -0.532. The van der Waals surface area contributed by atoms with E-state index < -0.39 is 17.5 Å². The molecule has 0 saturated heterocycles. The van der Waals surface area contributed by atoms with Crippen LogP contribution in [-0.2, 0) is 4.75 Å². The molecule has 0 amide bonds. The van der Waals surface area contributed by atoms with Crippen molar-refractivity contribution in [2.75, 3.05) is 19.5 Å². The van der Waals surface area contributed by atoms with E-state index in [4.69, 9.17) is 10.5 Å². The first-order valence-corrected chi connectivity index (χ1v) is 9.90.